The number of hydrogen-bond donors (Lipinski definition) is 1. The van der Waals surface area contributed by atoms with Crippen LogP contribution in [-0.2, 0) is 0 Å². The fourth-order valence-electron chi connectivity index (χ4n) is 2.18. The SMILES string of the molecule is CCCCC[C@@H](C)N1CCCNCC1. The molecule has 0 amide bonds. The van der Waals surface area contributed by atoms with E-state index >= 15 is 0 Å². The highest BCUT2D eigenvalue weighted by molar-refractivity contribution is 4.71. The molecule has 0 saturated carbocycles. The summed E-state index contributed by atoms with van der Waals surface area (Å²) in [7, 11) is 0. The van der Waals surface area contributed by atoms with Gasteiger partial charge in [-0.3, -0.25) is 4.90 Å². The molecule has 0 unspecified atom stereocenters. The van der Waals surface area contributed by atoms with Crippen molar-refractivity contribution in [2.45, 2.75) is 52.0 Å². The first-order valence-electron chi connectivity index (χ1n) is 6.29. The molecule has 0 aromatic rings. The summed E-state index contributed by atoms with van der Waals surface area (Å²) in [6.45, 7) is 9.59. The molecule has 1 aliphatic rings. The van der Waals surface area contributed by atoms with Gasteiger partial charge in [-0.05, 0) is 32.9 Å². The summed E-state index contributed by atoms with van der Waals surface area (Å²) in [6, 6.07) is 0.793. The minimum Gasteiger partial charge on any atom is -0.315 e. The summed E-state index contributed by atoms with van der Waals surface area (Å²) >= 11 is 0. The monoisotopic (exact) mass is 198 g/mol. The topological polar surface area (TPSA) is 15.3 Å². The van der Waals surface area contributed by atoms with Crippen LogP contribution in [0, 0.1) is 0 Å². The minimum atomic E-state index is 0.793. The van der Waals surface area contributed by atoms with Crippen LogP contribution in [0.2, 0.25) is 0 Å². The van der Waals surface area contributed by atoms with Crippen molar-refractivity contribution in [2.75, 3.05) is 26.2 Å². The molecule has 1 aliphatic heterocycles. The van der Waals surface area contributed by atoms with Gasteiger partial charge in [0.25, 0.3) is 0 Å². The second-order valence-electron chi connectivity index (χ2n) is 4.48. The van der Waals surface area contributed by atoms with Gasteiger partial charge in [-0.25, -0.2) is 0 Å². The maximum absolute atomic E-state index is 3.46. The molecule has 0 spiro atoms. The summed E-state index contributed by atoms with van der Waals surface area (Å²) in [5, 5.41) is 3.46. The Balaban J connectivity index is 2.16. The van der Waals surface area contributed by atoms with Crippen molar-refractivity contribution in [3.05, 3.63) is 0 Å². The second-order valence-corrected chi connectivity index (χ2v) is 4.48. The van der Waals surface area contributed by atoms with Crippen LogP contribution in [0.15, 0.2) is 0 Å². The molecule has 0 bridgehead atoms. The van der Waals surface area contributed by atoms with Gasteiger partial charge in [-0.2, -0.15) is 0 Å². The highest BCUT2D eigenvalue weighted by Gasteiger charge is 2.14. The van der Waals surface area contributed by atoms with Crippen molar-refractivity contribution in [3.8, 4) is 0 Å². The van der Waals surface area contributed by atoms with E-state index in [1.807, 2.05) is 0 Å². The molecule has 84 valence electrons. The van der Waals surface area contributed by atoms with Crippen LogP contribution in [0.1, 0.15) is 46.0 Å². The fourth-order valence-corrected chi connectivity index (χ4v) is 2.18. The molecule has 1 saturated heterocycles. The normalized spacial score (nSPS) is 21.9. The Hall–Kier alpha value is -0.0800. The van der Waals surface area contributed by atoms with Crippen molar-refractivity contribution < 1.29 is 0 Å². The lowest BCUT2D eigenvalue weighted by atomic mass is 10.1. The van der Waals surface area contributed by atoms with Gasteiger partial charge in [0, 0.05) is 19.1 Å². The van der Waals surface area contributed by atoms with Gasteiger partial charge in [0.1, 0.15) is 0 Å². The number of nitrogens with one attached hydrogen (secondary N) is 1. The Morgan fingerprint density at radius 3 is 2.86 bits per heavy atom. The molecule has 1 N–H and O–H groups in total. The Morgan fingerprint density at radius 1 is 1.21 bits per heavy atom. The van der Waals surface area contributed by atoms with E-state index in [0.717, 1.165) is 6.04 Å². The largest absolute Gasteiger partial charge is 0.315 e. The van der Waals surface area contributed by atoms with Gasteiger partial charge in [-0.1, -0.05) is 26.2 Å². The molecule has 1 atom stereocenters. The van der Waals surface area contributed by atoms with E-state index in [9.17, 15) is 0 Å². The van der Waals surface area contributed by atoms with Crippen LogP contribution in [0.25, 0.3) is 0 Å². The van der Waals surface area contributed by atoms with Crippen molar-refractivity contribution >= 4 is 0 Å². The van der Waals surface area contributed by atoms with E-state index in [4.69, 9.17) is 0 Å². The third-order valence-corrected chi connectivity index (χ3v) is 3.22. The molecule has 0 aliphatic carbocycles. The average Bonchev–Trinajstić information content (AvgIpc) is 2.46. The third kappa shape index (κ3) is 4.43. The smallest absolute Gasteiger partial charge is 0.0110 e. The van der Waals surface area contributed by atoms with Crippen LogP contribution in [0.4, 0.5) is 0 Å². The summed E-state index contributed by atoms with van der Waals surface area (Å²) in [5.41, 5.74) is 0. The molecule has 2 nitrogen and oxygen atoms in total. The van der Waals surface area contributed by atoms with E-state index in [1.54, 1.807) is 0 Å². The van der Waals surface area contributed by atoms with Gasteiger partial charge in [0.15, 0.2) is 0 Å². The van der Waals surface area contributed by atoms with E-state index in [2.05, 4.69) is 24.1 Å². The molecular formula is C12H26N2. The first-order valence-corrected chi connectivity index (χ1v) is 6.29. The van der Waals surface area contributed by atoms with Gasteiger partial charge in [0.2, 0.25) is 0 Å². The number of hydrogen-bond acceptors (Lipinski definition) is 2. The fraction of sp³-hybridized carbons (Fsp3) is 1.00. The van der Waals surface area contributed by atoms with Crippen molar-refractivity contribution in [1.29, 1.82) is 0 Å². The molecule has 1 heterocycles. The van der Waals surface area contributed by atoms with Crippen molar-refractivity contribution in [2.24, 2.45) is 0 Å². The summed E-state index contributed by atoms with van der Waals surface area (Å²) in [6.07, 6.45) is 6.85. The van der Waals surface area contributed by atoms with Crippen LogP contribution in [-0.4, -0.2) is 37.1 Å². The molecule has 0 aromatic heterocycles. The Kier molecular flexibility index (Phi) is 6.20. The van der Waals surface area contributed by atoms with Crippen LogP contribution in [0.3, 0.4) is 0 Å². The summed E-state index contributed by atoms with van der Waals surface area (Å²) < 4.78 is 0. The van der Waals surface area contributed by atoms with Crippen LogP contribution >= 0.6 is 0 Å². The van der Waals surface area contributed by atoms with E-state index < -0.39 is 0 Å². The van der Waals surface area contributed by atoms with Crippen molar-refractivity contribution in [3.63, 3.8) is 0 Å². The third-order valence-electron chi connectivity index (χ3n) is 3.22. The Bertz CT molecular complexity index is 128. The first kappa shape index (κ1) is 12.0. The minimum absolute atomic E-state index is 0.793. The molecule has 1 rings (SSSR count). The molecular weight excluding hydrogens is 172 g/mol. The van der Waals surface area contributed by atoms with Gasteiger partial charge in [-0.15, -0.1) is 0 Å². The highest BCUT2D eigenvalue weighted by atomic mass is 15.2. The zero-order valence-electron chi connectivity index (χ0n) is 9.89. The van der Waals surface area contributed by atoms with Gasteiger partial charge < -0.3 is 5.32 Å². The lowest BCUT2D eigenvalue weighted by Crippen LogP contribution is -2.35. The lowest BCUT2D eigenvalue weighted by Gasteiger charge is -2.27. The molecule has 0 radical (unpaired) electrons. The number of nitrogens with zero attached hydrogens (tertiary/aromatic N) is 1. The molecule has 0 aromatic carbocycles. The summed E-state index contributed by atoms with van der Waals surface area (Å²) in [4.78, 5) is 2.65. The summed E-state index contributed by atoms with van der Waals surface area (Å²) in [5.74, 6) is 0. The first-order chi connectivity index (χ1) is 6.84. The Morgan fingerprint density at radius 2 is 2.07 bits per heavy atom. The van der Waals surface area contributed by atoms with Crippen molar-refractivity contribution in [1.82, 2.24) is 10.2 Å². The maximum atomic E-state index is 3.46. The maximum Gasteiger partial charge on any atom is 0.0110 e. The molecule has 14 heavy (non-hydrogen) atoms. The van der Waals surface area contributed by atoms with E-state index in [0.29, 0.717) is 0 Å². The standard InChI is InChI=1S/C12H26N2/c1-3-4-5-7-12(2)14-10-6-8-13-9-11-14/h12-13H,3-11H2,1-2H3/t12-/m1/s1. The number of rotatable bonds is 5. The highest BCUT2D eigenvalue weighted by Crippen LogP contribution is 2.10. The molecule has 2 heteroatoms. The lowest BCUT2D eigenvalue weighted by molar-refractivity contribution is 0.209. The average molecular weight is 198 g/mol. The molecule has 1 fully saturated rings. The number of unbranched alkanes of at least 4 members (excludes halogenated alkanes) is 2. The zero-order valence-corrected chi connectivity index (χ0v) is 9.89. The zero-order chi connectivity index (χ0) is 10.2. The van der Waals surface area contributed by atoms with E-state index in [1.165, 1.54) is 58.3 Å². The second kappa shape index (κ2) is 7.24. The van der Waals surface area contributed by atoms with Crippen LogP contribution in [0.5, 0.6) is 0 Å². The van der Waals surface area contributed by atoms with Gasteiger partial charge >= 0.3 is 0 Å². The quantitative estimate of drug-likeness (QED) is 0.682. The van der Waals surface area contributed by atoms with Gasteiger partial charge in [0.05, 0.1) is 0 Å². The predicted molar refractivity (Wildman–Crippen MR) is 62.7 cm³/mol. The van der Waals surface area contributed by atoms with Crippen LogP contribution < -0.4 is 5.32 Å². The van der Waals surface area contributed by atoms with E-state index in [-0.39, 0.29) is 0 Å². The Labute approximate surface area is 89.1 Å². The predicted octanol–water partition coefficient (Wildman–Crippen LogP) is 2.25.